The summed E-state index contributed by atoms with van der Waals surface area (Å²) in [5.41, 5.74) is 7.99. The van der Waals surface area contributed by atoms with Gasteiger partial charge in [0.2, 0.25) is 0 Å². The number of ether oxygens (including phenoxy) is 1. The van der Waals surface area contributed by atoms with Crippen LogP contribution in [0.3, 0.4) is 0 Å². The summed E-state index contributed by atoms with van der Waals surface area (Å²) in [5.74, 6) is -0.212. The first kappa shape index (κ1) is 12.5. The fourth-order valence-electron chi connectivity index (χ4n) is 2.89. The summed E-state index contributed by atoms with van der Waals surface area (Å²) in [6.07, 6.45) is 4.28. The molecule has 1 saturated carbocycles. The molecule has 1 atom stereocenters. The Labute approximate surface area is 102 Å². The van der Waals surface area contributed by atoms with E-state index in [2.05, 4.69) is 0 Å². The van der Waals surface area contributed by atoms with Gasteiger partial charge >= 0.3 is 0 Å². The van der Waals surface area contributed by atoms with Gasteiger partial charge in [0.25, 0.3) is 0 Å². The number of nitrogens with two attached hydrogens (primary N) is 1. The molecule has 3 heteroatoms. The molecule has 1 unspecified atom stereocenters. The second kappa shape index (κ2) is 4.75. The molecule has 0 spiro atoms. The molecule has 1 aromatic rings. The summed E-state index contributed by atoms with van der Waals surface area (Å²) in [5, 5.41) is 0. The minimum absolute atomic E-state index is 0.171. The fourth-order valence-corrected chi connectivity index (χ4v) is 2.89. The number of rotatable bonds is 3. The molecule has 0 heterocycles. The largest absolute Gasteiger partial charge is 0.376 e. The lowest BCUT2D eigenvalue weighted by atomic mass is 9.85. The zero-order valence-corrected chi connectivity index (χ0v) is 10.5. The van der Waals surface area contributed by atoms with E-state index in [0.717, 1.165) is 36.8 Å². The lowest BCUT2D eigenvalue weighted by Gasteiger charge is -2.35. The molecule has 94 valence electrons. The predicted octanol–water partition coefficient (Wildman–Crippen LogP) is 3.09. The highest BCUT2D eigenvalue weighted by atomic mass is 19.1. The monoisotopic (exact) mass is 237 g/mol. The van der Waals surface area contributed by atoms with E-state index in [1.807, 2.05) is 6.92 Å². The molecule has 17 heavy (non-hydrogen) atoms. The van der Waals surface area contributed by atoms with Gasteiger partial charge in [-0.05, 0) is 43.0 Å². The average Bonchev–Trinajstić information content (AvgIpc) is 2.78. The zero-order chi connectivity index (χ0) is 12.5. The van der Waals surface area contributed by atoms with Gasteiger partial charge in [0, 0.05) is 7.11 Å². The van der Waals surface area contributed by atoms with E-state index < -0.39 is 0 Å². The molecule has 0 radical (unpaired) electrons. The van der Waals surface area contributed by atoms with Gasteiger partial charge in [0.15, 0.2) is 0 Å². The van der Waals surface area contributed by atoms with Crippen molar-refractivity contribution in [2.45, 2.75) is 44.2 Å². The Morgan fingerprint density at radius 1 is 1.35 bits per heavy atom. The maximum Gasteiger partial charge on any atom is 0.123 e. The Morgan fingerprint density at radius 3 is 2.53 bits per heavy atom. The van der Waals surface area contributed by atoms with Crippen molar-refractivity contribution in [3.05, 3.63) is 35.1 Å². The van der Waals surface area contributed by atoms with Crippen molar-refractivity contribution in [3.8, 4) is 0 Å². The highest BCUT2D eigenvalue weighted by molar-refractivity contribution is 5.31. The van der Waals surface area contributed by atoms with Crippen molar-refractivity contribution in [3.63, 3.8) is 0 Å². The van der Waals surface area contributed by atoms with Crippen LogP contribution in [0.1, 0.15) is 42.9 Å². The van der Waals surface area contributed by atoms with E-state index in [0.29, 0.717) is 0 Å². The van der Waals surface area contributed by atoms with Gasteiger partial charge in [-0.3, -0.25) is 0 Å². The molecular weight excluding hydrogens is 217 g/mol. The number of hydrogen-bond acceptors (Lipinski definition) is 2. The smallest absolute Gasteiger partial charge is 0.123 e. The molecule has 2 N–H and O–H groups in total. The first-order chi connectivity index (χ1) is 8.09. The van der Waals surface area contributed by atoms with Crippen molar-refractivity contribution < 1.29 is 9.13 Å². The highest BCUT2D eigenvalue weighted by Crippen LogP contribution is 2.41. The van der Waals surface area contributed by atoms with Crippen LogP contribution in [0.2, 0.25) is 0 Å². The van der Waals surface area contributed by atoms with E-state index >= 15 is 0 Å². The van der Waals surface area contributed by atoms with Crippen LogP contribution in [-0.4, -0.2) is 12.7 Å². The summed E-state index contributed by atoms with van der Waals surface area (Å²) in [4.78, 5) is 0. The first-order valence-electron chi connectivity index (χ1n) is 6.16. The molecule has 0 bridgehead atoms. The molecule has 0 amide bonds. The molecule has 1 aromatic carbocycles. The second-order valence-corrected chi connectivity index (χ2v) is 4.95. The highest BCUT2D eigenvalue weighted by Gasteiger charge is 2.40. The molecule has 0 saturated heterocycles. The molecule has 1 fully saturated rings. The zero-order valence-electron chi connectivity index (χ0n) is 10.5. The van der Waals surface area contributed by atoms with Gasteiger partial charge in [-0.15, -0.1) is 0 Å². The Bertz CT molecular complexity index is 399. The van der Waals surface area contributed by atoms with Crippen LogP contribution in [0.5, 0.6) is 0 Å². The van der Waals surface area contributed by atoms with E-state index in [1.54, 1.807) is 13.2 Å². The third-order valence-corrected chi connectivity index (χ3v) is 3.99. The topological polar surface area (TPSA) is 35.2 Å². The molecular formula is C14H20FNO. The number of methoxy groups -OCH3 is 1. The fraction of sp³-hybridized carbons (Fsp3) is 0.571. The van der Waals surface area contributed by atoms with Gasteiger partial charge in [0.1, 0.15) is 5.82 Å². The second-order valence-electron chi connectivity index (χ2n) is 4.95. The molecule has 1 aliphatic rings. The number of aryl methyl sites for hydroxylation is 1. The van der Waals surface area contributed by atoms with Crippen molar-refractivity contribution in [1.29, 1.82) is 0 Å². The number of halogens is 1. The van der Waals surface area contributed by atoms with Crippen molar-refractivity contribution in [1.82, 2.24) is 0 Å². The lowest BCUT2D eigenvalue weighted by molar-refractivity contribution is -0.0265. The van der Waals surface area contributed by atoms with E-state index in [4.69, 9.17) is 10.5 Å². The van der Waals surface area contributed by atoms with Gasteiger partial charge < -0.3 is 10.5 Å². The molecule has 0 aliphatic heterocycles. The third-order valence-electron chi connectivity index (χ3n) is 3.99. The van der Waals surface area contributed by atoms with Crippen LogP contribution in [0, 0.1) is 12.7 Å². The third kappa shape index (κ3) is 2.22. The summed E-state index contributed by atoms with van der Waals surface area (Å²) in [7, 11) is 1.73. The molecule has 2 rings (SSSR count). The van der Waals surface area contributed by atoms with Crippen LogP contribution >= 0.6 is 0 Å². The van der Waals surface area contributed by atoms with Gasteiger partial charge in [-0.25, -0.2) is 4.39 Å². The first-order valence-corrected chi connectivity index (χ1v) is 6.16. The minimum atomic E-state index is -0.261. The Kier molecular flexibility index (Phi) is 3.50. The van der Waals surface area contributed by atoms with E-state index in [1.165, 1.54) is 12.1 Å². The van der Waals surface area contributed by atoms with Gasteiger partial charge in [0.05, 0.1) is 11.6 Å². The molecule has 2 nitrogen and oxygen atoms in total. The average molecular weight is 237 g/mol. The minimum Gasteiger partial charge on any atom is -0.376 e. The Balaban J connectivity index is 2.32. The standard InChI is InChI=1S/C14H20FNO/c1-10-9-11(15)5-6-12(10)13(16)14(17-2)7-3-4-8-14/h5-6,9,13H,3-4,7-8,16H2,1-2H3. The summed E-state index contributed by atoms with van der Waals surface area (Å²) in [6, 6.07) is 4.62. The van der Waals surface area contributed by atoms with Crippen molar-refractivity contribution in [2.24, 2.45) is 5.73 Å². The van der Waals surface area contributed by atoms with Crippen LogP contribution in [0.4, 0.5) is 4.39 Å². The van der Waals surface area contributed by atoms with Crippen molar-refractivity contribution in [2.75, 3.05) is 7.11 Å². The number of benzene rings is 1. The summed E-state index contributed by atoms with van der Waals surface area (Å²) in [6.45, 7) is 1.90. The van der Waals surface area contributed by atoms with Crippen LogP contribution < -0.4 is 5.73 Å². The Morgan fingerprint density at radius 2 is 2.00 bits per heavy atom. The maximum absolute atomic E-state index is 13.1. The number of hydrogen-bond donors (Lipinski definition) is 1. The summed E-state index contributed by atoms with van der Waals surface area (Å²) >= 11 is 0. The van der Waals surface area contributed by atoms with E-state index in [-0.39, 0.29) is 17.5 Å². The Hall–Kier alpha value is -0.930. The van der Waals surface area contributed by atoms with Gasteiger partial charge in [-0.1, -0.05) is 18.9 Å². The van der Waals surface area contributed by atoms with Crippen molar-refractivity contribution >= 4 is 0 Å². The quantitative estimate of drug-likeness (QED) is 0.876. The van der Waals surface area contributed by atoms with Gasteiger partial charge in [-0.2, -0.15) is 0 Å². The lowest BCUT2D eigenvalue weighted by Crippen LogP contribution is -2.40. The van der Waals surface area contributed by atoms with Crippen LogP contribution in [-0.2, 0) is 4.74 Å². The van der Waals surface area contributed by atoms with E-state index in [9.17, 15) is 4.39 Å². The molecule has 1 aliphatic carbocycles. The predicted molar refractivity (Wildman–Crippen MR) is 66.3 cm³/mol. The molecule has 0 aromatic heterocycles. The maximum atomic E-state index is 13.1. The normalized spacial score (nSPS) is 20.5. The SMILES string of the molecule is COC1(C(N)c2ccc(F)cc2C)CCCC1. The van der Waals surface area contributed by atoms with Crippen LogP contribution in [0.25, 0.3) is 0 Å². The summed E-state index contributed by atoms with van der Waals surface area (Å²) < 4.78 is 18.8. The van der Waals surface area contributed by atoms with Crippen LogP contribution in [0.15, 0.2) is 18.2 Å².